The summed E-state index contributed by atoms with van der Waals surface area (Å²) >= 11 is 0. The van der Waals surface area contributed by atoms with E-state index >= 15 is 0 Å². The Kier molecular flexibility index (Phi) is 2.47. The van der Waals surface area contributed by atoms with Gasteiger partial charge < -0.3 is 20.5 Å². The van der Waals surface area contributed by atoms with Crippen LogP contribution in [-0.2, 0) is 10.3 Å². The zero-order chi connectivity index (χ0) is 11.8. The van der Waals surface area contributed by atoms with Crippen LogP contribution in [-0.4, -0.2) is 19.7 Å². The monoisotopic (exact) mass is 222 g/mol. The van der Waals surface area contributed by atoms with Gasteiger partial charge in [0.2, 0.25) is 12.7 Å². The topological polar surface area (TPSA) is 73.6 Å². The molecule has 0 spiro atoms. The van der Waals surface area contributed by atoms with Crippen molar-refractivity contribution < 1.29 is 14.3 Å². The third kappa shape index (κ3) is 1.49. The molecule has 1 heterocycles. The van der Waals surface area contributed by atoms with Crippen molar-refractivity contribution in [3.63, 3.8) is 0 Å². The number of carbonyl (C=O) groups is 1. The van der Waals surface area contributed by atoms with E-state index < -0.39 is 11.4 Å². The highest BCUT2D eigenvalue weighted by molar-refractivity contribution is 5.86. The van der Waals surface area contributed by atoms with E-state index in [-0.39, 0.29) is 6.79 Å². The number of amides is 1. The number of hydrogen-bond acceptors (Lipinski definition) is 4. The van der Waals surface area contributed by atoms with Gasteiger partial charge in [0, 0.05) is 0 Å². The van der Waals surface area contributed by atoms with Crippen LogP contribution < -0.4 is 20.5 Å². The summed E-state index contributed by atoms with van der Waals surface area (Å²) in [6.45, 7) is 1.94. The smallest absolute Gasteiger partial charge is 0.242 e. The highest BCUT2D eigenvalue weighted by atomic mass is 16.7. The molecule has 1 aliphatic heterocycles. The summed E-state index contributed by atoms with van der Waals surface area (Å²) in [4.78, 5) is 11.4. The Balaban J connectivity index is 2.44. The van der Waals surface area contributed by atoms with Gasteiger partial charge in [-0.1, -0.05) is 6.07 Å². The molecular weight excluding hydrogens is 208 g/mol. The molecule has 1 unspecified atom stereocenters. The summed E-state index contributed by atoms with van der Waals surface area (Å²) in [5.74, 6) is 0.890. The lowest BCUT2D eigenvalue weighted by Crippen LogP contribution is -2.48. The first-order valence-corrected chi connectivity index (χ1v) is 4.97. The molecule has 1 amide bonds. The second-order valence-corrected chi connectivity index (χ2v) is 3.81. The molecule has 0 aromatic heterocycles. The van der Waals surface area contributed by atoms with E-state index in [1.165, 1.54) is 0 Å². The Bertz CT molecular complexity index is 433. The summed E-state index contributed by atoms with van der Waals surface area (Å²) in [6.07, 6.45) is 0. The molecule has 16 heavy (non-hydrogen) atoms. The minimum atomic E-state index is -0.902. The second kappa shape index (κ2) is 3.68. The van der Waals surface area contributed by atoms with Crippen molar-refractivity contribution in [3.05, 3.63) is 23.8 Å². The molecule has 0 bridgehead atoms. The van der Waals surface area contributed by atoms with Crippen LogP contribution in [0.5, 0.6) is 11.5 Å². The quantitative estimate of drug-likeness (QED) is 0.773. The molecule has 5 heteroatoms. The number of carbonyl (C=O) groups excluding carboxylic acids is 1. The highest BCUT2D eigenvalue weighted by Gasteiger charge is 2.32. The zero-order valence-electron chi connectivity index (χ0n) is 9.24. The van der Waals surface area contributed by atoms with E-state index in [2.05, 4.69) is 5.32 Å². The summed E-state index contributed by atoms with van der Waals surface area (Å²) < 4.78 is 10.5. The molecule has 0 fully saturated rings. The molecule has 3 N–H and O–H groups in total. The van der Waals surface area contributed by atoms with Crippen molar-refractivity contribution >= 4 is 5.91 Å². The van der Waals surface area contributed by atoms with E-state index in [4.69, 9.17) is 15.2 Å². The molecule has 1 aromatic carbocycles. The number of likely N-dealkylation sites (N-methyl/N-ethyl adjacent to an activating group) is 1. The van der Waals surface area contributed by atoms with Gasteiger partial charge in [-0.05, 0) is 31.7 Å². The third-order valence-electron chi connectivity index (χ3n) is 2.94. The number of fused-ring (bicyclic) bond motifs is 1. The first kappa shape index (κ1) is 10.8. The van der Waals surface area contributed by atoms with Crippen LogP contribution in [0.1, 0.15) is 12.5 Å². The average Bonchev–Trinajstić information content (AvgIpc) is 2.74. The maximum Gasteiger partial charge on any atom is 0.242 e. The largest absolute Gasteiger partial charge is 0.454 e. The van der Waals surface area contributed by atoms with E-state index in [9.17, 15) is 4.79 Å². The summed E-state index contributed by atoms with van der Waals surface area (Å²) in [5, 5.41) is 2.91. The lowest BCUT2D eigenvalue weighted by molar-refractivity contribution is -0.123. The third-order valence-corrected chi connectivity index (χ3v) is 2.94. The minimum absolute atomic E-state index is 0.214. The Morgan fingerprint density at radius 3 is 2.75 bits per heavy atom. The highest BCUT2D eigenvalue weighted by Crippen LogP contribution is 2.35. The molecule has 0 saturated carbocycles. The van der Waals surface area contributed by atoms with Crippen LogP contribution in [0.2, 0.25) is 0 Å². The maximum atomic E-state index is 11.4. The van der Waals surface area contributed by atoms with Crippen LogP contribution in [0.4, 0.5) is 0 Å². The molecule has 0 aliphatic carbocycles. The van der Waals surface area contributed by atoms with Crippen molar-refractivity contribution in [1.29, 1.82) is 0 Å². The maximum absolute atomic E-state index is 11.4. The average molecular weight is 222 g/mol. The predicted octanol–water partition coefficient (Wildman–Crippen LogP) is 0.335. The number of nitrogens with two attached hydrogens (primary N) is 1. The molecule has 0 saturated heterocycles. The fraction of sp³-hybridized carbons (Fsp3) is 0.364. The Morgan fingerprint density at radius 1 is 1.44 bits per heavy atom. The van der Waals surface area contributed by atoms with E-state index in [1.807, 2.05) is 0 Å². The zero-order valence-corrected chi connectivity index (χ0v) is 9.24. The Labute approximate surface area is 93.5 Å². The Hall–Kier alpha value is -1.75. The van der Waals surface area contributed by atoms with Gasteiger partial charge in [-0.3, -0.25) is 4.79 Å². The number of primary amides is 1. The molecule has 0 radical (unpaired) electrons. The van der Waals surface area contributed by atoms with Crippen molar-refractivity contribution in [2.45, 2.75) is 12.5 Å². The first-order valence-electron chi connectivity index (χ1n) is 4.97. The summed E-state index contributed by atoms with van der Waals surface area (Å²) in [5.41, 5.74) is 5.24. The van der Waals surface area contributed by atoms with Crippen molar-refractivity contribution in [1.82, 2.24) is 5.32 Å². The van der Waals surface area contributed by atoms with Crippen LogP contribution in [0.3, 0.4) is 0 Å². The lowest BCUT2D eigenvalue weighted by Gasteiger charge is -2.26. The molecule has 2 rings (SSSR count). The number of ether oxygens (including phenoxy) is 2. The van der Waals surface area contributed by atoms with Gasteiger partial charge in [0.05, 0.1) is 0 Å². The van der Waals surface area contributed by atoms with Gasteiger partial charge in [0.1, 0.15) is 5.54 Å². The summed E-state index contributed by atoms with van der Waals surface area (Å²) in [6, 6.07) is 5.34. The standard InChI is InChI=1S/C11H14N2O3/c1-11(13-2,10(12)14)7-3-4-8-9(5-7)16-6-15-8/h3-5,13H,6H2,1-2H3,(H2,12,14). The molecule has 5 nitrogen and oxygen atoms in total. The molecule has 1 aromatic rings. The van der Waals surface area contributed by atoms with Crippen LogP contribution in [0.25, 0.3) is 0 Å². The minimum Gasteiger partial charge on any atom is -0.454 e. The van der Waals surface area contributed by atoms with Crippen LogP contribution in [0.15, 0.2) is 18.2 Å². The molecule has 1 aliphatic rings. The fourth-order valence-corrected chi connectivity index (χ4v) is 1.62. The van der Waals surface area contributed by atoms with E-state index in [0.29, 0.717) is 11.5 Å². The number of benzene rings is 1. The van der Waals surface area contributed by atoms with Gasteiger partial charge in [-0.2, -0.15) is 0 Å². The Morgan fingerprint density at radius 2 is 2.12 bits per heavy atom. The molecule has 1 atom stereocenters. The lowest BCUT2D eigenvalue weighted by atomic mass is 9.91. The van der Waals surface area contributed by atoms with Gasteiger partial charge in [-0.15, -0.1) is 0 Å². The van der Waals surface area contributed by atoms with Crippen LogP contribution in [0, 0.1) is 0 Å². The van der Waals surface area contributed by atoms with Crippen molar-refractivity contribution in [2.75, 3.05) is 13.8 Å². The van der Waals surface area contributed by atoms with Crippen molar-refractivity contribution in [3.8, 4) is 11.5 Å². The number of rotatable bonds is 3. The second-order valence-electron chi connectivity index (χ2n) is 3.81. The van der Waals surface area contributed by atoms with Gasteiger partial charge >= 0.3 is 0 Å². The fourth-order valence-electron chi connectivity index (χ4n) is 1.62. The van der Waals surface area contributed by atoms with E-state index in [1.54, 1.807) is 32.2 Å². The normalized spacial score (nSPS) is 16.9. The van der Waals surface area contributed by atoms with Crippen molar-refractivity contribution in [2.24, 2.45) is 5.73 Å². The van der Waals surface area contributed by atoms with E-state index in [0.717, 1.165) is 5.56 Å². The SMILES string of the molecule is CNC(C)(C(N)=O)c1ccc2c(c1)OCO2. The number of nitrogens with one attached hydrogen (secondary N) is 1. The van der Waals surface area contributed by atoms with Gasteiger partial charge in [0.25, 0.3) is 0 Å². The molecule has 86 valence electrons. The first-order chi connectivity index (χ1) is 7.58. The predicted molar refractivity (Wildman–Crippen MR) is 58.2 cm³/mol. The van der Waals surface area contributed by atoms with Crippen LogP contribution >= 0.6 is 0 Å². The van der Waals surface area contributed by atoms with Gasteiger partial charge in [-0.25, -0.2) is 0 Å². The number of hydrogen-bond donors (Lipinski definition) is 2. The molecular formula is C11H14N2O3. The van der Waals surface area contributed by atoms with Gasteiger partial charge in [0.15, 0.2) is 11.5 Å². The summed E-state index contributed by atoms with van der Waals surface area (Å²) in [7, 11) is 1.69.